The van der Waals surface area contributed by atoms with Crippen molar-refractivity contribution in [1.82, 2.24) is 5.32 Å². The molecule has 2 N–H and O–H groups in total. The molecule has 0 aromatic carbocycles. The Morgan fingerprint density at radius 3 is 2.67 bits per heavy atom. The van der Waals surface area contributed by atoms with Gasteiger partial charge in [-0.2, -0.15) is 0 Å². The van der Waals surface area contributed by atoms with E-state index in [0.29, 0.717) is 37.3 Å². The molecule has 1 amide bonds. The number of carbonyl (C=O) groups excluding carboxylic acids is 1. The third-order valence-electron chi connectivity index (χ3n) is 5.17. The zero-order chi connectivity index (χ0) is 12.7. The number of amides is 1. The van der Waals surface area contributed by atoms with Gasteiger partial charge in [-0.1, -0.05) is 0 Å². The monoisotopic (exact) mass is 253 g/mol. The van der Waals surface area contributed by atoms with Gasteiger partial charge in [-0.3, -0.25) is 4.79 Å². The van der Waals surface area contributed by atoms with Crippen LogP contribution in [0.4, 0.5) is 0 Å². The van der Waals surface area contributed by atoms with Gasteiger partial charge in [-0.15, -0.1) is 0 Å². The second-order valence-electron chi connectivity index (χ2n) is 6.20. The standard InChI is InChI=1S/C14H23NO3/c1-18-7-10(16)4-5-15-14(17)13-11-8-2-3-9(6-8)12(11)13/h8-13,16H,2-7H2,1H3,(H,15,17). The average molecular weight is 253 g/mol. The lowest BCUT2D eigenvalue weighted by molar-refractivity contribution is -0.123. The Morgan fingerprint density at radius 1 is 1.39 bits per heavy atom. The van der Waals surface area contributed by atoms with E-state index in [1.54, 1.807) is 7.11 Å². The number of ether oxygens (including phenoxy) is 1. The molecule has 3 saturated carbocycles. The number of hydrogen-bond acceptors (Lipinski definition) is 3. The molecule has 0 radical (unpaired) electrons. The summed E-state index contributed by atoms with van der Waals surface area (Å²) >= 11 is 0. The summed E-state index contributed by atoms with van der Waals surface area (Å²) in [6, 6.07) is 0. The van der Waals surface area contributed by atoms with Gasteiger partial charge in [0.1, 0.15) is 0 Å². The van der Waals surface area contributed by atoms with Crippen LogP contribution in [0.15, 0.2) is 0 Å². The van der Waals surface area contributed by atoms with Crippen LogP contribution in [0.3, 0.4) is 0 Å². The summed E-state index contributed by atoms with van der Waals surface area (Å²) in [7, 11) is 1.57. The second-order valence-corrected chi connectivity index (χ2v) is 6.20. The van der Waals surface area contributed by atoms with Gasteiger partial charge >= 0.3 is 0 Å². The molecular weight excluding hydrogens is 230 g/mol. The highest BCUT2D eigenvalue weighted by molar-refractivity contribution is 5.82. The number of rotatable bonds is 6. The third-order valence-corrected chi connectivity index (χ3v) is 5.17. The fourth-order valence-corrected chi connectivity index (χ4v) is 4.43. The van der Waals surface area contributed by atoms with E-state index in [4.69, 9.17) is 4.74 Å². The molecule has 0 aromatic heterocycles. The largest absolute Gasteiger partial charge is 0.391 e. The third kappa shape index (κ3) is 2.05. The molecule has 3 fully saturated rings. The summed E-state index contributed by atoms with van der Waals surface area (Å²) in [5.41, 5.74) is 0. The van der Waals surface area contributed by atoms with Crippen LogP contribution in [0.1, 0.15) is 25.7 Å². The zero-order valence-corrected chi connectivity index (χ0v) is 11.0. The molecule has 0 aromatic rings. The maximum atomic E-state index is 12.1. The van der Waals surface area contributed by atoms with Crippen LogP contribution in [0.2, 0.25) is 0 Å². The summed E-state index contributed by atoms with van der Waals surface area (Å²) in [5.74, 6) is 3.62. The van der Waals surface area contributed by atoms with Crippen LogP contribution in [0, 0.1) is 29.6 Å². The molecular formula is C14H23NO3. The van der Waals surface area contributed by atoms with Gasteiger partial charge in [0.25, 0.3) is 0 Å². The van der Waals surface area contributed by atoms with Crippen LogP contribution in [-0.4, -0.2) is 37.4 Å². The minimum atomic E-state index is -0.467. The molecule has 102 valence electrons. The predicted octanol–water partition coefficient (Wildman–Crippen LogP) is 0.792. The van der Waals surface area contributed by atoms with Gasteiger partial charge in [0.15, 0.2) is 0 Å². The molecule has 0 spiro atoms. The Labute approximate surface area is 108 Å². The molecule has 3 rings (SSSR count). The SMILES string of the molecule is COCC(O)CCNC(=O)C1C2C3CCC(C3)C12. The molecule has 2 bridgehead atoms. The fourth-order valence-electron chi connectivity index (χ4n) is 4.43. The van der Waals surface area contributed by atoms with Crippen molar-refractivity contribution in [1.29, 1.82) is 0 Å². The minimum absolute atomic E-state index is 0.228. The maximum absolute atomic E-state index is 12.1. The number of methoxy groups -OCH3 is 1. The summed E-state index contributed by atoms with van der Waals surface area (Å²) in [5, 5.41) is 12.5. The van der Waals surface area contributed by atoms with Crippen LogP contribution in [-0.2, 0) is 9.53 Å². The quantitative estimate of drug-likeness (QED) is 0.736. The van der Waals surface area contributed by atoms with Gasteiger partial charge in [0.2, 0.25) is 5.91 Å². The number of aliphatic hydroxyl groups excluding tert-OH is 1. The van der Waals surface area contributed by atoms with E-state index in [2.05, 4.69) is 5.32 Å². The highest BCUT2D eigenvalue weighted by Gasteiger charge is 2.67. The van der Waals surface area contributed by atoms with E-state index in [-0.39, 0.29) is 5.91 Å². The fraction of sp³-hybridized carbons (Fsp3) is 0.929. The Balaban J connectivity index is 1.39. The van der Waals surface area contributed by atoms with Crippen molar-refractivity contribution in [2.24, 2.45) is 29.6 Å². The van der Waals surface area contributed by atoms with Gasteiger partial charge < -0.3 is 15.2 Å². The Hall–Kier alpha value is -0.610. The summed E-state index contributed by atoms with van der Waals surface area (Å²) in [6.45, 7) is 0.906. The first-order valence-electron chi connectivity index (χ1n) is 7.17. The molecule has 4 nitrogen and oxygen atoms in total. The molecule has 3 aliphatic rings. The van der Waals surface area contributed by atoms with Gasteiger partial charge in [-0.05, 0) is 49.4 Å². The number of nitrogens with one attached hydrogen (secondary N) is 1. The summed E-state index contributed by atoms with van der Waals surface area (Å²) in [6.07, 6.45) is 4.19. The smallest absolute Gasteiger partial charge is 0.223 e. The van der Waals surface area contributed by atoms with Crippen molar-refractivity contribution in [3.63, 3.8) is 0 Å². The number of carbonyl (C=O) groups is 1. The Kier molecular flexibility index (Phi) is 3.32. The minimum Gasteiger partial charge on any atom is -0.391 e. The van der Waals surface area contributed by atoms with Crippen LogP contribution >= 0.6 is 0 Å². The molecule has 3 aliphatic carbocycles. The van der Waals surface area contributed by atoms with Crippen LogP contribution < -0.4 is 5.32 Å². The van der Waals surface area contributed by atoms with Crippen molar-refractivity contribution in [2.75, 3.05) is 20.3 Å². The van der Waals surface area contributed by atoms with Crippen molar-refractivity contribution in [2.45, 2.75) is 31.8 Å². The molecule has 0 saturated heterocycles. The molecule has 5 unspecified atom stereocenters. The van der Waals surface area contributed by atoms with E-state index in [1.165, 1.54) is 19.3 Å². The molecule has 0 heterocycles. The molecule has 4 heteroatoms. The molecule has 0 aliphatic heterocycles. The van der Waals surface area contributed by atoms with Gasteiger partial charge in [-0.25, -0.2) is 0 Å². The topological polar surface area (TPSA) is 58.6 Å². The average Bonchev–Trinajstić information content (AvgIpc) is 2.79. The summed E-state index contributed by atoms with van der Waals surface area (Å²) in [4.78, 5) is 12.1. The lowest BCUT2D eigenvalue weighted by atomic mass is 10.0. The Bertz CT molecular complexity index is 317. The van der Waals surface area contributed by atoms with E-state index in [1.807, 2.05) is 0 Å². The first-order chi connectivity index (χ1) is 8.72. The molecule has 5 atom stereocenters. The number of fused-ring (bicyclic) bond motifs is 5. The van der Waals surface area contributed by atoms with Crippen molar-refractivity contribution >= 4 is 5.91 Å². The maximum Gasteiger partial charge on any atom is 0.223 e. The zero-order valence-electron chi connectivity index (χ0n) is 11.0. The van der Waals surface area contributed by atoms with Crippen molar-refractivity contribution < 1.29 is 14.6 Å². The first kappa shape index (κ1) is 12.4. The Morgan fingerprint density at radius 2 is 2.06 bits per heavy atom. The summed E-state index contributed by atoms with van der Waals surface area (Å²) < 4.78 is 4.86. The first-order valence-corrected chi connectivity index (χ1v) is 7.17. The molecule has 18 heavy (non-hydrogen) atoms. The van der Waals surface area contributed by atoms with E-state index < -0.39 is 6.10 Å². The van der Waals surface area contributed by atoms with Crippen LogP contribution in [0.5, 0.6) is 0 Å². The lowest BCUT2D eigenvalue weighted by Crippen LogP contribution is -2.31. The highest BCUT2D eigenvalue weighted by atomic mass is 16.5. The lowest BCUT2D eigenvalue weighted by Gasteiger charge is -2.12. The van der Waals surface area contributed by atoms with Crippen LogP contribution in [0.25, 0.3) is 0 Å². The van der Waals surface area contributed by atoms with Crippen molar-refractivity contribution in [3.8, 4) is 0 Å². The second kappa shape index (κ2) is 4.82. The predicted molar refractivity (Wildman–Crippen MR) is 66.8 cm³/mol. The van der Waals surface area contributed by atoms with Crippen molar-refractivity contribution in [3.05, 3.63) is 0 Å². The normalized spacial score (nSPS) is 41.6. The van der Waals surface area contributed by atoms with E-state index >= 15 is 0 Å². The van der Waals surface area contributed by atoms with Gasteiger partial charge in [0.05, 0.1) is 12.7 Å². The van der Waals surface area contributed by atoms with Gasteiger partial charge in [0, 0.05) is 19.6 Å². The number of hydrogen-bond donors (Lipinski definition) is 2. The number of aliphatic hydroxyl groups is 1. The van der Waals surface area contributed by atoms with E-state index in [0.717, 1.165) is 11.8 Å². The van der Waals surface area contributed by atoms with E-state index in [9.17, 15) is 9.90 Å². The highest BCUT2D eigenvalue weighted by Crippen LogP contribution is 2.69.